The number of aromatic nitrogens is 2. The number of pyridine rings is 1. The van der Waals surface area contributed by atoms with Gasteiger partial charge in [-0.1, -0.05) is 23.5 Å². The van der Waals surface area contributed by atoms with E-state index in [4.69, 9.17) is 5.26 Å². The minimum absolute atomic E-state index is 0.217. The fraction of sp³-hybridized carbons (Fsp3) is 0.0476. The van der Waals surface area contributed by atoms with E-state index in [9.17, 15) is 4.79 Å². The Morgan fingerprint density at radius 1 is 1.15 bits per heavy atom. The average molecular weight is 370 g/mol. The van der Waals surface area contributed by atoms with Crippen LogP contribution in [0.1, 0.15) is 21.5 Å². The smallest absolute Gasteiger partial charge is 0.255 e. The van der Waals surface area contributed by atoms with Gasteiger partial charge in [-0.3, -0.25) is 4.79 Å². The van der Waals surface area contributed by atoms with Crippen LogP contribution < -0.4 is 5.32 Å². The lowest BCUT2D eigenvalue weighted by atomic mass is 10.1. The van der Waals surface area contributed by atoms with Crippen molar-refractivity contribution in [3.8, 4) is 16.6 Å². The number of hydrogen-bond donors (Lipinski definition) is 1. The van der Waals surface area contributed by atoms with Gasteiger partial charge in [0.25, 0.3) is 5.91 Å². The van der Waals surface area contributed by atoms with Crippen LogP contribution in [-0.2, 0) is 0 Å². The highest BCUT2D eigenvalue weighted by molar-refractivity contribution is 7.21. The van der Waals surface area contributed by atoms with Gasteiger partial charge in [0.05, 0.1) is 11.6 Å². The molecule has 2 aromatic carbocycles. The second-order valence-electron chi connectivity index (χ2n) is 6.02. The molecule has 0 unspecified atom stereocenters. The number of nitrogens with zero attached hydrogens (tertiary/aromatic N) is 3. The molecule has 0 aliphatic heterocycles. The van der Waals surface area contributed by atoms with Gasteiger partial charge in [-0.25, -0.2) is 9.97 Å². The van der Waals surface area contributed by atoms with Crippen LogP contribution >= 0.6 is 11.3 Å². The number of carbonyl (C=O) groups excluding carboxylic acids is 1. The fourth-order valence-electron chi connectivity index (χ4n) is 2.67. The van der Waals surface area contributed by atoms with Crippen molar-refractivity contribution in [1.29, 1.82) is 5.26 Å². The van der Waals surface area contributed by atoms with Gasteiger partial charge in [-0.2, -0.15) is 5.26 Å². The summed E-state index contributed by atoms with van der Waals surface area (Å²) in [6.45, 7) is 1.94. The summed E-state index contributed by atoms with van der Waals surface area (Å²) in [7, 11) is 0. The Balaban J connectivity index is 1.64. The number of thiazole rings is 1. The molecule has 6 heteroatoms. The van der Waals surface area contributed by atoms with E-state index in [2.05, 4.69) is 15.3 Å². The Labute approximate surface area is 160 Å². The summed E-state index contributed by atoms with van der Waals surface area (Å²) >= 11 is 1.52. The Morgan fingerprint density at radius 2 is 1.96 bits per heavy atom. The van der Waals surface area contributed by atoms with Gasteiger partial charge in [0.2, 0.25) is 0 Å². The highest BCUT2D eigenvalue weighted by Crippen LogP contribution is 2.31. The van der Waals surface area contributed by atoms with Crippen LogP contribution in [0.4, 0.5) is 5.69 Å². The number of aryl methyl sites for hydroxylation is 1. The number of rotatable bonds is 3. The summed E-state index contributed by atoms with van der Waals surface area (Å²) in [5, 5.41) is 12.7. The summed E-state index contributed by atoms with van der Waals surface area (Å²) < 4.78 is 0. The molecule has 0 saturated carbocycles. The fourth-order valence-corrected chi connectivity index (χ4v) is 3.58. The zero-order valence-corrected chi connectivity index (χ0v) is 15.2. The molecular formula is C21H14N4OS. The molecule has 1 amide bonds. The molecule has 0 bridgehead atoms. The molecule has 2 aromatic heterocycles. The van der Waals surface area contributed by atoms with E-state index in [1.165, 1.54) is 11.3 Å². The zero-order valence-electron chi connectivity index (χ0n) is 14.4. The van der Waals surface area contributed by atoms with Crippen LogP contribution in [0.5, 0.6) is 0 Å². The number of benzene rings is 2. The third-order valence-electron chi connectivity index (χ3n) is 4.18. The van der Waals surface area contributed by atoms with Crippen molar-refractivity contribution in [2.45, 2.75) is 6.92 Å². The number of carbonyl (C=O) groups is 1. The molecule has 0 spiro atoms. The summed E-state index contributed by atoms with van der Waals surface area (Å²) in [4.78, 5) is 22.4. The van der Waals surface area contributed by atoms with Gasteiger partial charge >= 0.3 is 0 Å². The maximum Gasteiger partial charge on any atom is 0.255 e. The topological polar surface area (TPSA) is 78.7 Å². The van der Waals surface area contributed by atoms with Crippen molar-refractivity contribution in [1.82, 2.24) is 9.97 Å². The lowest BCUT2D eigenvalue weighted by Gasteiger charge is -2.10. The number of nitrogens with one attached hydrogen (secondary N) is 1. The number of hydrogen-bond acceptors (Lipinski definition) is 5. The van der Waals surface area contributed by atoms with Gasteiger partial charge in [0.15, 0.2) is 0 Å². The number of fused-ring (bicyclic) bond motifs is 1. The van der Waals surface area contributed by atoms with Crippen LogP contribution in [0.2, 0.25) is 0 Å². The Kier molecular flexibility index (Phi) is 4.37. The molecule has 5 nitrogen and oxygen atoms in total. The second kappa shape index (κ2) is 6.98. The van der Waals surface area contributed by atoms with E-state index in [0.29, 0.717) is 11.1 Å². The van der Waals surface area contributed by atoms with Crippen molar-refractivity contribution >= 4 is 33.3 Å². The van der Waals surface area contributed by atoms with Crippen LogP contribution in [0.3, 0.4) is 0 Å². The summed E-state index contributed by atoms with van der Waals surface area (Å²) in [6.07, 6.45) is 1.75. The molecule has 0 fully saturated rings. The third kappa shape index (κ3) is 3.41. The predicted molar refractivity (Wildman–Crippen MR) is 107 cm³/mol. The first-order valence-corrected chi connectivity index (χ1v) is 9.10. The maximum atomic E-state index is 12.5. The van der Waals surface area contributed by atoms with Gasteiger partial charge in [-0.15, -0.1) is 0 Å². The molecule has 1 N–H and O–H groups in total. The van der Waals surface area contributed by atoms with E-state index in [0.717, 1.165) is 32.2 Å². The minimum atomic E-state index is -0.217. The molecule has 0 radical (unpaired) electrons. The average Bonchev–Trinajstić information content (AvgIpc) is 3.14. The zero-order chi connectivity index (χ0) is 18.8. The van der Waals surface area contributed by atoms with Gasteiger partial charge in [-0.05, 0) is 55.0 Å². The van der Waals surface area contributed by atoms with Crippen molar-refractivity contribution in [2.75, 3.05) is 5.32 Å². The molecule has 0 aliphatic carbocycles. The molecule has 4 aromatic rings. The summed E-state index contributed by atoms with van der Waals surface area (Å²) in [5.41, 5.74) is 4.51. The number of anilines is 1. The van der Waals surface area contributed by atoms with Gasteiger partial charge in [0, 0.05) is 23.0 Å². The van der Waals surface area contributed by atoms with Crippen molar-refractivity contribution < 1.29 is 4.79 Å². The van der Waals surface area contributed by atoms with Crippen LogP contribution in [0.15, 0.2) is 60.8 Å². The maximum absolute atomic E-state index is 12.5. The lowest BCUT2D eigenvalue weighted by Crippen LogP contribution is -2.12. The van der Waals surface area contributed by atoms with E-state index in [1.54, 1.807) is 30.5 Å². The van der Waals surface area contributed by atoms with Gasteiger partial charge < -0.3 is 5.32 Å². The van der Waals surface area contributed by atoms with Crippen molar-refractivity contribution in [2.24, 2.45) is 0 Å². The Hall–Kier alpha value is -3.56. The van der Waals surface area contributed by atoms with E-state index in [-0.39, 0.29) is 5.91 Å². The molecule has 0 saturated heterocycles. The first-order valence-electron chi connectivity index (χ1n) is 8.28. The van der Waals surface area contributed by atoms with E-state index < -0.39 is 0 Å². The standard InChI is InChI=1S/C21H14N4OS/c1-13-4-7-16(20-25-17-3-2-10-23-21(17)27-20)11-18(13)24-19(26)15-8-5-14(12-22)6-9-15/h2-11H,1H3,(H,24,26). The van der Waals surface area contributed by atoms with E-state index >= 15 is 0 Å². The first-order chi connectivity index (χ1) is 13.1. The highest BCUT2D eigenvalue weighted by Gasteiger charge is 2.12. The van der Waals surface area contributed by atoms with Crippen LogP contribution in [0.25, 0.3) is 20.9 Å². The Morgan fingerprint density at radius 3 is 2.70 bits per heavy atom. The highest BCUT2D eigenvalue weighted by atomic mass is 32.1. The van der Waals surface area contributed by atoms with Crippen LogP contribution in [0, 0.1) is 18.3 Å². The minimum Gasteiger partial charge on any atom is -0.322 e. The second-order valence-corrected chi connectivity index (χ2v) is 7.00. The summed E-state index contributed by atoms with van der Waals surface area (Å²) in [6, 6.07) is 18.3. The molecule has 2 heterocycles. The van der Waals surface area contributed by atoms with E-state index in [1.807, 2.05) is 43.3 Å². The molecule has 27 heavy (non-hydrogen) atoms. The summed E-state index contributed by atoms with van der Waals surface area (Å²) in [5.74, 6) is -0.217. The normalized spacial score (nSPS) is 10.5. The lowest BCUT2D eigenvalue weighted by molar-refractivity contribution is 0.102. The first kappa shape index (κ1) is 16.9. The van der Waals surface area contributed by atoms with Crippen LogP contribution in [-0.4, -0.2) is 15.9 Å². The molecule has 130 valence electrons. The largest absolute Gasteiger partial charge is 0.322 e. The van der Waals surface area contributed by atoms with Gasteiger partial charge in [0.1, 0.15) is 15.4 Å². The number of nitriles is 1. The SMILES string of the molecule is Cc1ccc(-c2nc3cccnc3s2)cc1NC(=O)c1ccc(C#N)cc1. The Bertz CT molecular complexity index is 1160. The molecule has 4 rings (SSSR count). The predicted octanol–water partition coefficient (Wildman–Crippen LogP) is 4.79. The quantitative estimate of drug-likeness (QED) is 0.562. The van der Waals surface area contributed by atoms with Crippen molar-refractivity contribution in [3.05, 3.63) is 77.5 Å². The number of amides is 1. The molecular weight excluding hydrogens is 356 g/mol. The molecule has 0 aliphatic rings. The molecule has 0 atom stereocenters. The third-order valence-corrected chi connectivity index (χ3v) is 5.20. The monoisotopic (exact) mass is 370 g/mol. The van der Waals surface area contributed by atoms with Crippen molar-refractivity contribution in [3.63, 3.8) is 0 Å².